The van der Waals surface area contributed by atoms with Crippen LogP contribution in [0.2, 0.25) is 0 Å². The van der Waals surface area contributed by atoms with E-state index in [1.165, 1.54) is 0 Å². The highest BCUT2D eigenvalue weighted by molar-refractivity contribution is 5.94. The van der Waals surface area contributed by atoms with Gasteiger partial charge in [0.05, 0.1) is 5.56 Å². The van der Waals surface area contributed by atoms with Gasteiger partial charge < -0.3 is 14.9 Å². The molecule has 1 N–H and O–H groups in total. The fourth-order valence-electron chi connectivity index (χ4n) is 4.48. The quantitative estimate of drug-likeness (QED) is 0.810. The number of hydrogen-bond donors (Lipinski definition) is 1. The number of amides is 1. The molecule has 7 heteroatoms. The lowest BCUT2D eigenvalue weighted by atomic mass is 9.93. The molecule has 4 heterocycles. The van der Waals surface area contributed by atoms with E-state index in [0.29, 0.717) is 17.4 Å². The third-order valence-corrected chi connectivity index (χ3v) is 6.32. The molecular formula is C22H31N5O2. The summed E-state index contributed by atoms with van der Waals surface area (Å²) in [6.45, 7) is 4.60. The molecule has 4 rings (SSSR count). The minimum absolute atomic E-state index is 0.0847. The van der Waals surface area contributed by atoms with Crippen LogP contribution in [0.3, 0.4) is 0 Å². The van der Waals surface area contributed by atoms with Crippen LogP contribution in [0.4, 0.5) is 5.82 Å². The molecule has 29 heavy (non-hydrogen) atoms. The van der Waals surface area contributed by atoms with Crippen molar-refractivity contribution in [2.24, 2.45) is 11.8 Å². The normalized spacial score (nSPS) is 20.8. The molecular weight excluding hydrogens is 366 g/mol. The molecule has 1 atom stereocenters. The number of pyridine rings is 1. The van der Waals surface area contributed by atoms with Crippen molar-refractivity contribution in [1.29, 1.82) is 0 Å². The summed E-state index contributed by atoms with van der Waals surface area (Å²) in [6.07, 6.45) is 10.9. The number of aromatic nitrogens is 3. The minimum Gasteiger partial charge on any atom is -0.396 e. The van der Waals surface area contributed by atoms with Crippen molar-refractivity contribution < 1.29 is 9.90 Å². The molecule has 2 saturated heterocycles. The summed E-state index contributed by atoms with van der Waals surface area (Å²) in [6, 6.07) is 5.80. The summed E-state index contributed by atoms with van der Waals surface area (Å²) >= 11 is 0. The fraction of sp³-hybridized carbons (Fsp3) is 0.591. The molecule has 2 aromatic rings. The van der Waals surface area contributed by atoms with Crippen molar-refractivity contribution in [1.82, 2.24) is 19.7 Å². The number of aryl methyl sites for hydroxylation is 1. The second kappa shape index (κ2) is 9.39. The van der Waals surface area contributed by atoms with Crippen LogP contribution in [0.1, 0.15) is 42.5 Å². The minimum atomic E-state index is 0.0847. The average Bonchev–Trinajstić information content (AvgIpc) is 3.31. The van der Waals surface area contributed by atoms with Gasteiger partial charge in [-0.2, -0.15) is 5.10 Å². The molecule has 2 aliphatic rings. The first kappa shape index (κ1) is 19.9. The Morgan fingerprint density at radius 1 is 1.14 bits per heavy atom. The lowest BCUT2D eigenvalue weighted by molar-refractivity contribution is 0.0684. The molecule has 2 aromatic heterocycles. The molecule has 0 aromatic carbocycles. The van der Waals surface area contributed by atoms with Gasteiger partial charge in [-0.25, -0.2) is 4.98 Å². The van der Waals surface area contributed by atoms with Gasteiger partial charge >= 0.3 is 0 Å². The van der Waals surface area contributed by atoms with E-state index in [0.717, 1.165) is 70.6 Å². The van der Waals surface area contributed by atoms with E-state index in [1.807, 2.05) is 40.2 Å². The number of piperidine rings is 2. The van der Waals surface area contributed by atoms with Crippen molar-refractivity contribution in [3.63, 3.8) is 0 Å². The van der Waals surface area contributed by atoms with Gasteiger partial charge in [-0.15, -0.1) is 0 Å². The lowest BCUT2D eigenvalue weighted by Gasteiger charge is -2.33. The Morgan fingerprint density at radius 2 is 2.00 bits per heavy atom. The van der Waals surface area contributed by atoms with Gasteiger partial charge in [0.25, 0.3) is 5.91 Å². The van der Waals surface area contributed by atoms with Crippen LogP contribution in [-0.2, 0) is 6.54 Å². The number of hydrogen-bond acceptors (Lipinski definition) is 5. The zero-order valence-electron chi connectivity index (χ0n) is 17.0. The van der Waals surface area contributed by atoms with E-state index < -0.39 is 0 Å². The number of carbonyl (C=O) groups is 1. The number of anilines is 1. The van der Waals surface area contributed by atoms with Crippen LogP contribution in [0.25, 0.3) is 0 Å². The third kappa shape index (κ3) is 4.96. The zero-order chi connectivity index (χ0) is 20.1. The van der Waals surface area contributed by atoms with E-state index in [4.69, 9.17) is 0 Å². The molecule has 0 radical (unpaired) electrons. The van der Waals surface area contributed by atoms with Crippen molar-refractivity contribution in [2.45, 2.75) is 38.6 Å². The Balaban J connectivity index is 1.27. The highest BCUT2D eigenvalue weighted by atomic mass is 16.3. The molecule has 0 bridgehead atoms. The molecule has 7 nitrogen and oxygen atoms in total. The second-order valence-electron chi connectivity index (χ2n) is 8.34. The molecule has 1 amide bonds. The Morgan fingerprint density at radius 3 is 2.69 bits per heavy atom. The van der Waals surface area contributed by atoms with Gasteiger partial charge in [-0.1, -0.05) is 0 Å². The van der Waals surface area contributed by atoms with Gasteiger partial charge in [-0.05, 0) is 62.1 Å². The van der Waals surface area contributed by atoms with Crippen LogP contribution in [-0.4, -0.2) is 63.5 Å². The SMILES string of the molecule is O=C(c1ccc(N2CCCC(CO)C2)nc1)N1CCC(CCn2cccn2)CC1. The van der Waals surface area contributed by atoms with Gasteiger partial charge in [0.15, 0.2) is 0 Å². The molecule has 0 aliphatic carbocycles. The zero-order valence-corrected chi connectivity index (χ0v) is 17.0. The number of aliphatic hydroxyl groups is 1. The van der Waals surface area contributed by atoms with Crippen molar-refractivity contribution in [2.75, 3.05) is 37.7 Å². The first-order chi connectivity index (χ1) is 14.2. The van der Waals surface area contributed by atoms with E-state index in [-0.39, 0.29) is 12.5 Å². The average molecular weight is 398 g/mol. The topological polar surface area (TPSA) is 74.5 Å². The van der Waals surface area contributed by atoms with Crippen molar-refractivity contribution >= 4 is 11.7 Å². The highest BCUT2D eigenvalue weighted by Crippen LogP contribution is 2.24. The van der Waals surface area contributed by atoms with Crippen molar-refractivity contribution in [3.05, 3.63) is 42.4 Å². The van der Waals surface area contributed by atoms with Crippen LogP contribution < -0.4 is 4.90 Å². The van der Waals surface area contributed by atoms with Crippen LogP contribution in [0.5, 0.6) is 0 Å². The number of carbonyl (C=O) groups excluding carboxylic acids is 1. The van der Waals surface area contributed by atoms with Gasteiger partial charge in [0.1, 0.15) is 5.82 Å². The monoisotopic (exact) mass is 397 g/mol. The van der Waals surface area contributed by atoms with Gasteiger partial charge in [0, 0.05) is 57.9 Å². The first-order valence-electron chi connectivity index (χ1n) is 10.8. The molecule has 0 spiro atoms. The molecule has 2 fully saturated rings. The Hall–Kier alpha value is -2.41. The van der Waals surface area contributed by atoms with Gasteiger partial charge in [-0.3, -0.25) is 9.48 Å². The van der Waals surface area contributed by atoms with E-state index in [9.17, 15) is 9.90 Å². The van der Waals surface area contributed by atoms with Crippen LogP contribution in [0.15, 0.2) is 36.8 Å². The summed E-state index contributed by atoms with van der Waals surface area (Å²) in [7, 11) is 0. The largest absolute Gasteiger partial charge is 0.396 e. The molecule has 2 aliphatic heterocycles. The Bertz CT molecular complexity index is 769. The maximum atomic E-state index is 12.9. The van der Waals surface area contributed by atoms with E-state index in [2.05, 4.69) is 15.0 Å². The van der Waals surface area contributed by atoms with E-state index >= 15 is 0 Å². The molecule has 1 unspecified atom stereocenters. The Kier molecular flexibility index (Phi) is 6.44. The highest BCUT2D eigenvalue weighted by Gasteiger charge is 2.25. The number of rotatable bonds is 6. The van der Waals surface area contributed by atoms with Gasteiger partial charge in [0.2, 0.25) is 0 Å². The summed E-state index contributed by atoms with van der Waals surface area (Å²) in [5, 5.41) is 13.7. The van der Waals surface area contributed by atoms with Crippen LogP contribution >= 0.6 is 0 Å². The van der Waals surface area contributed by atoms with E-state index in [1.54, 1.807) is 6.20 Å². The predicted octanol–water partition coefficient (Wildman–Crippen LogP) is 2.43. The fourth-order valence-corrected chi connectivity index (χ4v) is 4.48. The predicted molar refractivity (Wildman–Crippen MR) is 112 cm³/mol. The maximum Gasteiger partial charge on any atom is 0.255 e. The summed E-state index contributed by atoms with van der Waals surface area (Å²) in [4.78, 5) is 21.6. The number of nitrogens with zero attached hydrogens (tertiary/aromatic N) is 5. The summed E-state index contributed by atoms with van der Waals surface area (Å²) in [5.41, 5.74) is 0.666. The maximum absolute atomic E-state index is 12.9. The molecule has 0 saturated carbocycles. The standard InChI is InChI=1S/C22H31N5O2/c28-17-19-3-1-10-26(16-19)21-5-4-20(15-23-21)22(29)25-12-6-18(7-13-25)8-14-27-11-2-9-24-27/h2,4-5,9,11,15,18-19,28H,1,3,6-8,10,12-14,16-17H2. The second-order valence-corrected chi connectivity index (χ2v) is 8.34. The Labute approximate surface area is 172 Å². The smallest absolute Gasteiger partial charge is 0.255 e. The summed E-state index contributed by atoms with van der Waals surface area (Å²) < 4.78 is 1.98. The summed E-state index contributed by atoms with van der Waals surface area (Å²) in [5.74, 6) is 1.96. The first-order valence-corrected chi connectivity index (χ1v) is 10.8. The number of aliphatic hydroxyl groups excluding tert-OH is 1. The van der Waals surface area contributed by atoms with Crippen LogP contribution in [0, 0.1) is 11.8 Å². The third-order valence-electron chi connectivity index (χ3n) is 6.32. The lowest BCUT2D eigenvalue weighted by Crippen LogP contribution is -2.39. The molecule has 156 valence electrons. The van der Waals surface area contributed by atoms with Crippen molar-refractivity contribution in [3.8, 4) is 0 Å². The number of likely N-dealkylation sites (tertiary alicyclic amines) is 1.